The Bertz CT molecular complexity index is 624. The summed E-state index contributed by atoms with van der Waals surface area (Å²) in [6.45, 7) is 11.1. The number of nitrogens with zero attached hydrogens (tertiary/aromatic N) is 1. The van der Waals surface area contributed by atoms with Crippen LogP contribution in [0.25, 0.3) is 0 Å². The fraction of sp³-hybridized carbons (Fsp3) is 0.611. The van der Waals surface area contributed by atoms with Gasteiger partial charge in [0.05, 0.1) is 5.92 Å². The normalized spacial score (nSPS) is 17.6. The van der Waals surface area contributed by atoms with Gasteiger partial charge >= 0.3 is 5.97 Å². The van der Waals surface area contributed by atoms with Crippen molar-refractivity contribution in [1.82, 2.24) is 4.98 Å². The molecular weight excluding hydrogens is 292 g/mol. The van der Waals surface area contributed by atoms with E-state index in [0.29, 0.717) is 12.2 Å². The van der Waals surface area contributed by atoms with Crippen molar-refractivity contribution in [3.8, 4) is 0 Å². The lowest BCUT2D eigenvalue weighted by Crippen LogP contribution is -2.30. The average molecular weight is 318 g/mol. The second kappa shape index (κ2) is 5.95. The van der Waals surface area contributed by atoms with Crippen LogP contribution in [0.2, 0.25) is 0 Å². The van der Waals surface area contributed by atoms with Gasteiger partial charge in [-0.15, -0.1) is 0 Å². The zero-order valence-corrected chi connectivity index (χ0v) is 14.8. The van der Waals surface area contributed by atoms with E-state index in [1.165, 1.54) is 0 Å². The average Bonchev–Trinajstić information content (AvgIpc) is 2.80. The fourth-order valence-electron chi connectivity index (χ4n) is 2.57. The number of hydrogen-bond donors (Lipinski definition) is 1. The van der Waals surface area contributed by atoms with E-state index in [-0.39, 0.29) is 17.8 Å². The first-order valence-electron chi connectivity index (χ1n) is 8.01. The Balaban J connectivity index is 2.31. The molecule has 1 atom stereocenters. The zero-order chi connectivity index (χ0) is 17.4. The highest BCUT2D eigenvalue weighted by atomic mass is 16.6. The topological polar surface area (TPSA) is 68.3 Å². The maximum atomic E-state index is 12.5. The van der Waals surface area contributed by atoms with Gasteiger partial charge in [0.15, 0.2) is 0 Å². The van der Waals surface area contributed by atoms with Crippen LogP contribution in [0, 0.1) is 5.41 Å². The van der Waals surface area contributed by atoms with E-state index >= 15 is 0 Å². The molecule has 1 aliphatic rings. The number of aryl methyl sites for hydroxylation is 1. The number of pyridine rings is 1. The van der Waals surface area contributed by atoms with Gasteiger partial charge in [-0.05, 0) is 45.2 Å². The molecule has 0 aromatic carbocycles. The van der Waals surface area contributed by atoms with Crippen LogP contribution in [0.5, 0.6) is 0 Å². The number of hydrogen-bond acceptors (Lipinski definition) is 4. The van der Waals surface area contributed by atoms with E-state index in [1.807, 2.05) is 47.6 Å². The minimum atomic E-state index is -0.531. The largest absolute Gasteiger partial charge is 0.459 e. The van der Waals surface area contributed by atoms with E-state index in [2.05, 4.69) is 10.3 Å². The SMILES string of the molecule is CC(C)(C)OC(=O)C1CCc2ccnc(NC(=O)C(C)(C)C)c21. The Morgan fingerprint density at radius 2 is 1.87 bits per heavy atom. The van der Waals surface area contributed by atoms with Gasteiger partial charge in [-0.25, -0.2) is 4.98 Å². The molecule has 2 rings (SSSR count). The van der Waals surface area contributed by atoms with Gasteiger partial charge in [0, 0.05) is 17.2 Å². The molecule has 1 amide bonds. The van der Waals surface area contributed by atoms with Gasteiger partial charge in [0.25, 0.3) is 0 Å². The third kappa shape index (κ3) is 4.09. The third-order valence-corrected chi connectivity index (χ3v) is 3.74. The Kier molecular flexibility index (Phi) is 4.51. The highest BCUT2D eigenvalue weighted by molar-refractivity contribution is 5.95. The van der Waals surface area contributed by atoms with Crippen molar-refractivity contribution >= 4 is 17.7 Å². The van der Waals surface area contributed by atoms with Crippen molar-refractivity contribution in [2.75, 3.05) is 5.32 Å². The Hall–Kier alpha value is -1.91. The first-order valence-corrected chi connectivity index (χ1v) is 8.01. The Labute approximate surface area is 137 Å². The van der Waals surface area contributed by atoms with Gasteiger partial charge in [-0.3, -0.25) is 9.59 Å². The highest BCUT2D eigenvalue weighted by Gasteiger charge is 2.35. The number of esters is 1. The predicted molar refractivity (Wildman–Crippen MR) is 89.2 cm³/mol. The molecule has 5 heteroatoms. The van der Waals surface area contributed by atoms with Crippen LogP contribution < -0.4 is 5.32 Å². The summed E-state index contributed by atoms with van der Waals surface area (Å²) in [6.07, 6.45) is 3.16. The number of ether oxygens (including phenoxy) is 1. The first-order chi connectivity index (χ1) is 10.5. The molecule has 0 spiro atoms. The van der Waals surface area contributed by atoms with Gasteiger partial charge in [0.1, 0.15) is 11.4 Å². The minimum absolute atomic E-state index is 0.117. The van der Waals surface area contributed by atoms with E-state index in [4.69, 9.17) is 4.74 Å². The van der Waals surface area contributed by atoms with E-state index in [1.54, 1.807) is 6.20 Å². The van der Waals surface area contributed by atoms with Crippen LogP contribution in [0.3, 0.4) is 0 Å². The van der Waals surface area contributed by atoms with Crippen LogP contribution in [-0.2, 0) is 20.7 Å². The molecule has 0 saturated carbocycles. The lowest BCUT2D eigenvalue weighted by Gasteiger charge is -2.24. The monoisotopic (exact) mass is 318 g/mol. The van der Waals surface area contributed by atoms with E-state index in [9.17, 15) is 9.59 Å². The summed E-state index contributed by atoms with van der Waals surface area (Å²) in [6, 6.07) is 1.91. The maximum absolute atomic E-state index is 12.5. The lowest BCUT2D eigenvalue weighted by molar-refractivity contribution is -0.156. The number of aromatic nitrogens is 1. The fourth-order valence-corrected chi connectivity index (χ4v) is 2.57. The van der Waals surface area contributed by atoms with Crippen molar-refractivity contribution in [2.45, 2.75) is 65.9 Å². The van der Waals surface area contributed by atoms with Crippen LogP contribution in [0.4, 0.5) is 5.82 Å². The zero-order valence-electron chi connectivity index (χ0n) is 14.8. The molecule has 0 fully saturated rings. The molecule has 0 saturated heterocycles. The minimum Gasteiger partial charge on any atom is -0.459 e. The van der Waals surface area contributed by atoms with Gasteiger partial charge in [0.2, 0.25) is 5.91 Å². The lowest BCUT2D eigenvalue weighted by atomic mass is 9.95. The summed E-state index contributed by atoms with van der Waals surface area (Å²) < 4.78 is 5.53. The second-order valence-corrected chi connectivity index (χ2v) is 8.06. The molecule has 23 heavy (non-hydrogen) atoms. The van der Waals surface area contributed by atoms with Crippen molar-refractivity contribution in [2.24, 2.45) is 5.41 Å². The van der Waals surface area contributed by atoms with Crippen molar-refractivity contribution in [1.29, 1.82) is 0 Å². The van der Waals surface area contributed by atoms with Crippen LogP contribution in [0.15, 0.2) is 12.3 Å². The third-order valence-electron chi connectivity index (χ3n) is 3.74. The molecule has 126 valence electrons. The first kappa shape index (κ1) is 17.4. The Morgan fingerprint density at radius 3 is 2.43 bits per heavy atom. The Morgan fingerprint density at radius 1 is 1.22 bits per heavy atom. The summed E-state index contributed by atoms with van der Waals surface area (Å²) in [7, 11) is 0. The molecular formula is C18H26N2O3. The summed E-state index contributed by atoms with van der Waals surface area (Å²) in [4.78, 5) is 29.1. The van der Waals surface area contributed by atoms with Gasteiger partial charge in [-0.2, -0.15) is 0 Å². The molecule has 1 heterocycles. The van der Waals surface area contributed by atoms with Gasteiger partial charge in [-0.1, -0.05) is 20.8 Å². The van der Waals surface area contributed by atoms with Crippen LogP contribution in [-0.4, -0.2) is 22.5 Å². The van der Waals surface area contributed by atoms with Crippen LogP contribution >= 0.6 is 0 Å². The predicted octanol–water partition coefficient (Wildman–Crippen LogP) is 3.44. The highest BCUT2D eigenvalue weighted by Crippen LogP contribution is 2.39. The van der Waals surface area contributed by atoms with Gasteiger partial charge < -0.3 is 10.1 Å². The molecule has 0 aliphatic heterocycles. The quantitative estimate of drug-likeness (QED) is 0.848. The van der Waals surface area contributed by atoms with Crippen molar-refractivity contribution in [3.05, 3.63) is 23.4 Å². The number of carbonyl (C=O) groups excluding carboxylic acids is 2. The number of amides is 1. The van der Waals surface area contributed by atoms with Crippen molar-refractivity contribution < 1.29 is 14.3 Å². The van der Waals surface area contributed by atoms with E-state index < -0.39 is 11.0 Å². The summed E-state index contributed by atoms with van der Waals surface area (Å²) in [5.41, 5.74) is 0.806. The number of fused-ring (bicyclic) bond motifs is 1. The maximum Gasteiger partial charge on any atom is 0.314 e. The molecule has 1 N–H and O–H groups in total. The molecule has 1 aliphatic carbocycles. The second-order valence-electron chi connectivity index (χ2n) is 8.06. The molecule has 1 aromatic heterocycles. The summed E-state index contributed by atoms with van der Waals surface area (Å²) in [5, 5.41) is 2.87. The number of rotatable bonds is 2. The smallest absolute Gasteiger partial charge is 0.314 e. The summed E-state index contributed by atoms with van der Waals surface area (Å²) >= 11 is 0. The summed E-state index contributed by atoms with van der Waals surface area (Å²) in [5.74, 6) is -0.257. The van der Waals surface area contributed by atoms with Crippen molar-refractivity contribution in [3.63, 3.8) is 0 Å². The molecule has 1 aromatic rings. The molecule has 0 bridgehead atoms. The number of nitrogens with one attached hydrogen (secondary N) is 1. The molecule has 5 nitrogen and oxygen atoms in total. The van der Waals surface area contributed by atoms with E-state index in [0.717, 1.165) is 17.5 Å². The van der Waals surface area contributed by atoms with Crippen LogP contribution in [0.1, 0.15) is 65.0 Å². The number of anilines is 1. The molecule has 0 radical (unpaired) electrons. The molecule has 1 unspecified atom stereocenters. The number of carbonyl (C=O) groups is 2. The standard InChI is InChI=1S/C18H26N2O3/c1-17(2,3)16(22)20-14-13-11(9-10-19-14)7-8-12(13)15(21)23-18(4,5)6/h9-10,12H,7-8H2,1-6H3,(H,19,20,22).